The summed E-state index contributed by atoms with van der Waals surface area (Å²) in [6, 6.07) is 2.16. The van der Waals surface area contributed by atoms with Gasteiger partial charge in [0.2, 0.25) is 0 Å². The molecule has 1 atom stereocenters. The Morgan fingerprint density at radius 1 is 1.53 bits per heavy atom. The molecular weight excluding hydrogens is 182 g/mol. The molecule has 1 aliphatic carbocycles. The molecule has 0 unspecified atom stereocenters. The van der Waals surface area contributed by atoms with Crippen molar-refractivity contribution in [2.24, 2.45) is 11.3 Å². The van der Waals surface area contributed by atoms with Crippen LogP contribution in [0.4, 0.5) is 0 Å². The molecule has 15 heavy (non-hydrogen) atoms. The minimum absolute atomic E-state index is 0.361. The lowest BCUT2D eigenvalue weighted by molar-refractivity contribution is 0.294. The molecule has 0 fully saturated rings. The fourth-order valence-corrected chi connectivity index (χ4v) is 2.12. The van der Waals surface area contributed by atoms with E-state index in [-0.39, 0.29) is 0 Å². The van der Waals surface area contributed by atoms with Gasteiger partial charge in [0.15, 0.2) is 0 Å². The average molecular weight is 203 g/mol. The minimum atomic E-state index is 0.361. The molecule has 0 aliphatic heterocycles. The van der Waals surface area contributed by atoms with Gasteiger partial charge in [-0.25, -0.2) is 0 Å². The summed E-state index contributed by atoms with van der Waals surface area (Å²) in [5.74, 6) is 0.746. The zero-order chi connectivity index (χ0) is 11.3. The molecule has 0 aromatic heterocycles. The number of hydrogen-bond donors (Lipinski definition) is 0. The Balaban J connectivity index is 2.36. The van der Waals surface area contributed by atoms with Gasteiger partial charge in [0.05, 0.1) is 6.07 Å². The van der Waals surface area contributed by atoms with Crippen molar-refractivity contribution in [3.8, 4) is 6.07 Å². The van der Waals surface area contributed by atoms with Gasteiger partial charge in [-0.05, 0) is 37.5 Å². The van der Waals surface area contributed by atoms with Crippen LogP contribution in [0.25, 0.3) is 0 Å². The lowest BCUT2D eigenvalue weighted by Gasteiger charge is -2.28. The highest BCUT2D eigenvalue weighted by Crippen LogP contribution is 2.44. The molecule has 0 aromatic rings. The van der Waals surface area contributed by atoms with E-state index in [9.17, 15) is 0 Å². The van der Waals surface area contributed by atoms with Crippen molar-refractivity contribution in [3.05, 3.63) is 23.8 Å². The quantitative estimate of drug-likeness (QED) is 0.495. The maximum Gasteiger partial charge on any atom is 0.0624 e. The van der Waals surface area contributed by atoms with Crippen molar-refractivity contribution in [1.29, 1.82) is 5.26 Å². The number of unbranched alkanes of at least 4 members (excludes halogenated alkanes) is 1. The predicted molar refractivity (Wildman–Crippen MR) is 64.2 cm³/mol. The highest BCUT2D eigenvalue weighted by molar-refractivity contribution is 5.18. The van der Waals surface area contributed by atoms with E-state index < -0.39 is 0 Å². The maximum absolute atomic E-state index is 8.40. The third-order valence-electron chi connectivity index (χ3n) is 3.76. The number of nitriles is 1. The van der Waals surface area contributed by atoms with E-state index in [1.165, 1.54) is 12.0 Å². The van der Waals surface area contributed by atoms with Crippen LogP contribution in [0.5, 0.6) is 0 Å². The van der Waals surface area contributed by atoms with Crippen molar-refractivity contribution < 1.29 is 0 Å². The van der Waals surface area contributed by atoms with Crippen molar-refractivity contribution in [3.63, 3.8) is 0 Å². The number of rotatable bonds is 4. The maximum atomic E-state index is 8.40. The normalized spacial score (nSPS) is 24.1. The summed E-state index contributed by atoms with van der Waals surface area (Å²) in [6.45, 7) is 6.90. The SMILES string of the molecule is CC1=CC[C@@H](C/C=C\CCC#N)C1(C)C. The fourth-order valence-electron chi connectivity index (χ4n) is 2.12. The van der Waals surface area contributed by atoms with Crippen molar-refractivity contribution in [2.45, 2.75) is 46.5 Å². The summed E-state index contributed by atoms with van der Waals surface area (Å²) in [4.78, 5) is 0. The Bertz CT molecular complexity index is 302. The van der Waals surface area contributed by atoms with E-state index in [2.05, 4.69) is 45.1 Å². The van der Waals surface area contributed by atoms with E-state index >= 15 is 0 Å². The molecule has 0 amide bonds. The first-order valence-corrected chi connectivity index (χ1v) is 5.78. The smallest absolute Gasteiger partial charge is 0.0624 e. The Kier molecular flexibility index (Phi) is 4.15. The minimum Gasteiger partial charge on any atom is -0.198 e. The molecule has 0 bridgehead atoms. The molecule has 0 saturated heterocycles. The molecule has 0 saturated carbocycles. The molecule has 1 heteroatoms. The second-order valence-corrected chi connectivity index (χ2v) is 4.95. The van der Waals surface area contributed by atoms with Gasteiger partial charge in [-0.2, -0.15) is 5.26 Å². The van der Waals surface area contributed by atoms with Crippen LogP contribution < -0.4 is 0 Å². The van der Waals surface area contributed by atoms with Gasteiger partial charge >= 0.3 is 0 Å². The average Bonchev–Trinajstić information content (AvgIpc) is 2.44. The van der Waals surface area contributed by atoms with Crippen LogP contribution in [0.2, 0.25) is 0 Å². The number of hydrogen-bond acceptors (Lipinski definition) is 1. The summed E-state index contributed by atoms with van der Waals surface area (Å²) in [5.41, 5.74) is 1.89. The molecular formula is C14H21N. The molecule has 1 nitrogen and oxygen atoms in total. The Morgan fingerprint density at radius 3 is 2.80 bits per heavy atom. The summed E-state index contributed by atoms with van der Waals surface area (Å²) < 4.78 is 0. The van der Waals surface area contributed by atoms with Crippen molar-refractivity contribution in [2.75, 3.05) is 0 Å². The van der Waals surface area contributed by atoms with Gasteiger partial charge < -0.3 is 0 Å². The second-order valence-electron chi connectivity index (χ2n) is 4.95. The standard InChI is InChI=1S/C14H21N/c1-12-9-10-13(14(12,2)3)8-6-4-5-7-11-15/h4,6,9,13H,5,7-8,10H2,1-3H3/b6-4-/t13-/m1/s1. The predicted octanol–water partition coefficient (Wildman–Crippen LogP) is 4.23. The van der Waals surface area contributed by atoms with E-state index in [0.29, 0.717) is 11.8 Å². The third kappa shape index (κ3) is 2.96. The van der Waals surface area contributed by atoms with Crippen LogP contribution in [0.3, 0.4) is 0 Å². The summed E-state index contributed by atoms with van der Waals surface area (Å²) in [7, 11) is 0. The molecule has 0 radical (unpaired) electrons. The van der Waals surface area contributed by atoms with Gasteiger partial charge in [0.25, 0.3) is 0 Å². The van der Waals surface area contributed by atoms with E-state index in [1.807, 2.05) is 0 Å². The molecule has 0 aromatic carbocycles. The Hall–Kier alpha value is -1.03. The van der Waals surface area contributed by atoms with Crippen LogP contribution in [0.1, 0.15) is 46.5 Å². The lowest BCUT2D eigenvalue weighted by Crippen LogP contribution is -2.19. The van der Waals surface area contributed by atoms with Gasteiger partial charge in [0.1, 0.15) is 0 Å². The molecule has 0 spiro atoms. The molecule has 1 aliphatic rings. The van der Waals surface area contributed by atoms with E-state index in [1.54, 1.807) is 0 Å². The zero-order valence-corrected chi connectivity index (χ0v) is 10.1. The first-order chi connectivity index (χ1) is 7.09. The van der Waals surface area contributed by atoms with Gasteiger partial charge in [-0.3, -0.25) is 0 Å². The van der Waals surface area contributed by atoms with Gasteiger partial charge in [0, 0.05) is 6.42 Å². The highest BCUT2D eigenvalue weighted by Gasteiger charge is 2.33. The zero-order valence-electron chi connectivity index (χ0n) is 10.1. The van der Waals surface area contributed by atoms with Crippen LogP contribution in [0, 0.1) is 22.7 Å². The summed E-state index contributed by atoms with van der Waals surface area (Å²) >= 11 is 0. The monoisotopic (exact) mass is 203 g/mol. The van der Waals surface area contributed by atoms with Gasteiger partial charge in [-0.15, -0.1) is 0 Å². The second kappa shape index (κ2) is 5.16. The van der Waals surface area contributed by atoms with E-state index in [4.69, 9.17) is 5.26 Å². The Morgan fingerprint density at radius 2 is 2.27 bits per heavy atom. The van der Waals surface area contributed by atoms with Gasteiger partial charge in [-0.1, -0.05) is 37.6 Å². The Labute approximate surface area is 93.5 Å². The number of allylic oxidation sites excluding steroid dienone is 4. The summed E-state index contributed by atoms with van der Waals surface area (Å²) in [6.07, 6.45) is 10.7. The summed E-state index contributed by atoms with van der Waals surface area (Å²) in [5, 5.41) is 8.40. The van der Waals surface area contributed by atoms with Crippen LogP contribution in [-0.2, 0) is 0 Å². The first-order valence-electron chi connectivity index (χ1n) is 5.78. The fraction of sp³-hybridized carbons (Fsp3) is 0.643. The molecule has 0 heterocycles. The molecule has 82 valence electrons. The van der Waals surface area contributed by atoms with Crippen LogP contribution in [-0.4, -0.2) is 0 Å². The van der Waals surface area contributed by atoms with Crippen molar-refractivity contribution in [1.82, 2.24) is 0 Å². The van der Waals surface area contributed by atoms with Crippen molar-refractivity contribution >= 4 is 0 Å². The van der Waals surface area contributed by atoms with E-state index in [0.717, 1.165) is 18.8 Å². The highest BCUT2D eigenvalue weighted by atomic mass is 14.4. The largest absolute Gasteiger partial charge is 0.198 e. The number of nitrogens with zero attached hydrogens (tertiary/aromatic N) is 1. The van der Waals surface area contributed by atoms with Crippen LogP contribution in [0.15, 0.2) is 23.8 Å². The lowest BCUT2D eigenvalue weighted by atomic mass is 9.76. The molecule has 0 N–H and O–H groups in total. The molecule has 1 rings (SSSR count). The first kappa shape index (κ1) is 12.0. The topological polar surface area (TPSA) is 23.8 Å². The third-order valence-corrected chi connectivity index (χ3v) is 3.76. The van der Waals surface area contributed by atoms with Crippen LogP contribution >= 0.6 is 0 Å².